The smallest absolute Gasteiger partial charge is 0.407 e. The zero-order valence-corrected chi connectivity index (χ0v) is 23.3. The zero-order valence-electron chi connectivity index (χ0n) is 23.3. The van der Waals surface area contributed by atoms with E-state index in [1.165, 1.54) is 11.1 Å². The third kappa shape index (κ3) is 6.90. The van der Waals surface area contributed by atoms with Gasteiger partial charge in [-0.3, -0.25) is 0 Å². The number of hydrogen-bond donors (Lipinski definition) is 3. The molecule has 0 saturated heterocycles. The van der Waals surface area contributed by atoms with Gasteiger partial charge in [-0.25, -0.2) is 9.59 Å². The molecule has 2 atom stereocenters. The molecule has 1 amide bonds. The maximum atomic E-state index is 12.4. The number of aliphatic hydroxyl groups excluding tert-OH is 1. The average Bonchev–Trinajstić information content (AvgIpc) is 2.68. The van der Waals surface area contributed by atoms with Gasteiger partial charge >= 0.3 is 12.1 Å². The van der Waals surface area contributed by atoms with E-state index in [-0.39, 0.29) is 23.4 Å². The normalized spacial score (nSPS) is 18.4. The van der Waals surface area contributed by atoms with Crippen LogP contribution in [-0.2, 0) is 26.8 Å². The Morgan fingerprint density at radius 1 is 1.09 bits per heavy atom. The van der Waals surface area contributed by atoms with E-state index in [0.29, 0.717) is 6.42 Å². The van der Waals surface area contributed by atoms with Crippen molar-refractivity contribution in [3.8, 4) is 0 Å². The van der Waals surface area contributed by atoms with E-state index in [1.807, 2.05) is 25.8 Å². The van der Waals surface area contributed by atoms with Gasteiger partial charge in [-0.1, -0.05) is 47.6 Å². The van der Waals surface area contributed by atoms with E-state index in [4.69, 9.17) is 4.74 Å². The quantitative estimate of drug-likeness (QED) is 0.474. The van der Waals surface area contributed by atoms with E-state index in [0.717, 1.165) is 24.1 Å². The standard InChI is InChI=1S/C28H46N2O5/c1-17(2)23(24(32)33)30(10)22-15-21-20(27(6,7)11-12-28(21,8)9)14-18(22)13-19(16-31)29-25(34)35-26(3,4)5/h14-15,17,19,23,31H,11-13,16H2,1-10H3,(H,29,34)(H,32,33)/t19?,23-/m0/s1. The number of amides is 1. The van der Waals surface area contributed by atoms with Crippen molar-refractivity contribution >= 4 is 17.7 Å². The summed E-state index contributed by atoms with van der Waals surface area (Å²) in [4.78, 5) is 26.4. The lowest BCUT2D eigenvalue weighted by Crippen LogP contribution is -2.45. The van der Waals surface area contributed by atoms with Crippen molar-refractivity contribution in [1.29, 1.82) is 0 Å². The third-order valence-corrected chi connectivity index (χ3v) is 7.14. The summed E-state index contributed by atoms with van der Waals surface area (Å²) in [6.45, 7) is 17.9. The topological polar surface area (TPSA) is 99.1 Å². The van der Waals surface area contributed by atoms with Crippen LogP contribution in [0.3, 0.4) is 0 Å². The van der Waals surface area contributed by atoms with Crippen molar-refractivity contribution in [3.05, 3.63) is 28.8 Å². The molecule has 7 heteroatoms. The van der Waals surface area contributed by atoms with Gasteiger partial charge in [-0.15, -0.1) is 0 Å². The van der Waals surface area contributed by atoms with Crippen LogP contribution >= 0.6 is 0 Å². The molecule has 198 valence electrons. The summed E-state index contributed by atoms with van der Waals surface area (Å²) < 4.78 is 5.39. The monoisotopic (exact) mass is 490 g/mol. The van der Waals surface area contributed by atoms with E-state index in [9.17, 15) is 19.8 Å². The van der Waals surface area contributed by atoms with Crippen molar-refractivity contribution < 1.29 is 24.5 Å². The van der Waals surface area contributed by atoms with Crippen LogP contribution in [-0.4, -0.2) is 53.6 Å². The van der Waals surface area contributed by atoms with Crippen molar-refractivity contribution in [3.63, 3.8) is 0 Å². The van der Waals surface area contributed by atoms with Crippen LogP contribution in [0, 0.1) is 5.92 Å². The molecule has 35 heavy (non-hydrogen) atoms. The molecular formula is C28H46N2O5. The molecule has 0 fully saturated rings. The molecule has 1 aromatic carbocycles. The lowest BCUT2D eigenvalue weighted by atomic mass is 9.62. The lowest BCUT2D eigenvalue weighted by Gasteiger charge is -2.43. The summed E-state index contributed by atoms with van der Waals surface area (Å²) in [7, 11) is 1.82. The Morgan fingerprint density at radius 2 is 1.60 bits per heavy atom. The number of carboxylic acids is 1. The van der Waals surface area contributed by atoms with Gasteiger partial charge < -0.3 is 25.2 Å². The highest BCUT2D eigenvalue weighted by Gasteiger charge is 2.39. The summed E-state index contributed by atoms with van der Waals surface area (Å²) >= 11 is 0. The Labute approximate surface area is 211 Å². The van der Waals surface area contributed by atoms with Crippen LogP contribution in [0.4, 0.5) is 10.5 Å². The fourth-order valence-corrected chi connectivity index (χ4v) is 5.09. The molecule has 0 aromatic heterocycles. The molecule has 7 nitrogen and oxygen atoms in total. The molecule has 1 aromatic rings. The molecule has 1 aliphatic carbocycles. The maximum absolute atomic E-state index is 12.4. The van der Waals surface area contributed by atoms with Crippen LogP contribution in [0.2, 0.25) is 0 Å². The van der Waals surface area contributed by atoms with Gasteiger partial charge in [0, 0.05) is 12.7 Å². The number of carboxylic acid groups (broad SMARTS) is 1. The van der Waals surface area contributed by atoms with Crippen LogP contribution in [0.1, 0.15) is 91.8 Å². The first-order chi connectivity index (χ1) is 15.9. The first-order valence-electron chi connectivity index (χ1n) is 12.6. The number of nitrogens with zero attached hydrogens (tertiary/aromatic N) is 1. The van der Waals surface area contributed by atoms with Crippen LogP contribution < -0.4 is 10.2 Å². The number of alkyl carbamates (subject to hydrolysis) is 1. The number of benzene rings is 1. The second-order valence-corrected chi connectivity index (χ2v) is 12.7. The van der Waals surface area contributed by atoms with Crippen molar-refractivity contribution in [2.75, 3.05) is 18.6 Å². The summed E-state index contributed by atoms with van der Waals surface area (Å²) in [6, 6.07) is 3.03. The number of hydrogen-bond acceptors (Lipinski definition) is 5. The summed E-state index contributed by atoms with van der Waals surface area (Å²) in [5.41, 5.74) is 3.47. The second-order valence-electron chi connectivity index (χ2n) is 12.7. The minimum Gasteiger partial charge on any atom is -0.480 e. The molecule has 1 aliphatic rings. The number of fused-ring (bicyclic) bond motifs is 1. The molecule has 1 unspecified atom stereocenters. The molecule has 2 rings (SSSR count). The molecule has 0 heterocycles. The number of likely N-dealkylation sites (N-methyl/N-ethyl adjacent to an activating group) is 1. The number of rotatable bonds is 8. The molecular weight excluding hydrogens is 444 g/mol. The third-order valence-electron chi connectivity index (χ3n) is 7.14. The average molecular weight is 491 g/mol. The van der Waals surface area contributed by atoms with Gasteiger partial charge in [-0.05, 0) is 79.5 Å². The summed E-state index contributed by atoms with van der Waals surface area (Å²) in [5, 5.41) is 22.9. The number of carbonyl (C=O) groups is 2. The highest BCUT2D eigenvalue weighted by Crippen LogP contribution is 2.48. The molecule has 0 saturated carbocycles. The Morgan fingerprint density at radius 3 is 2.03 bits per heavy atom. The zero-order chi connectivity index (χ0) is 26.9. The summed E-state index contributed by atoms with van der Waals surface area (Å²) in [5.74, 6) is -0.990. The largest absolute Gasteiger partial charge is 0.480 e. The molecule has 3 N–H and O–H groups in total. The van der Waals surface area contributed by atoms with Gasteiger partial charge in [0.1, 0.15) is 11.6 Å². The number of aliphatic hydroxyl groups is 1. The van der Waals surface area contributed by atoms with Crippen molar-refractivity contribution in [2.45, 2.75) is 110 Å². The maximum Gasteiger partial charge on any atom is 0.407 e. The highest BCUT2D eigenvalue weighted by atomic mass is 16.6. The molecule has 0 spiro atoms. The van der Waals surface area contributed by atoms with Gasteiger partial charge in [0.15, 0.2) is 0 Å². The van der Waals surface area contributed by atoms with E-state index in [2.05, 4.69) is 45.1 Å². The fourth-order valence-electron chi connectivity index (χ4n) is 5.09. The predicted molar refractivity (Wildman–Crippen MR) is 140 cm³/mol. The predicted octanol–water partition coefficient (Wildman–Crippen LogP) is 5.01. The van der Waals surface area contributed by atoms with Crippen molar-refractivity contribution in [2.24, 2.45) is 5.92 Å². The molecule has 0 radical (unpaired) electrons. The number of nitrogens with one attached hydrogen (secondary N) is 1. The molecule has 0 aliphatic heterocycles. The second kappa shape index (κ2) is 10.4. The van der Waals surface area contributed by atoms with Gasteiger partial charge in [0.05, 0.1) is 12.6 Å². The number of carbonyl (C=O) groups excluding carboxylic acids is 1. The van der Waals surface area contributed by atoms with E-state index >= 15 is 0 Å². The van der Waals surface area contributed by atoms with Gasteiger partial charge in [0.25, 0.3) is 0 Å². The number of anilines is 1. The van der Waals surface area contributed by atoms with E-state index < -0.39 is 29.7 Å². The van der Waals surface area contributed by atoms with Crippen LogP contribution in [0.5, 0.6) is 0 Å². The Kier molecular flexibility index (Phi) is 8.58. The van der Waals surface area contributed by atoms with Gasteiger partial charge in [0.2, 0.25) is 0 Å². The summed E-state index contributed by atoms with van der Waals surface area (Å²) in [6.07, 6.45) is 1.85. The fraction of sp³-hybridized carbons (Fsp3) is 0.714. The van der Waals surface area contributed by atoms with Gasteiger partial charge in [-0.2, -0.15) is 0 Å². The Bertz CT molecular complexity index is 930. The first-order valence-corrected chi connectivity index (χ1v) is 12.6. The first kappa shape index (κ1) is 29.0. The molecule has 0 bridgehead atoms. The minimum atomic E-state index is -0.878. The SMILES string of the molecule is CC(C)[C@@H](C(=O)O)N(C)c1cc2c(cc1CC(CO)NC(=O)OC(C)(C)C)C(C)(C)CCC2(C)C. The van der Waals surface area contributed by atoms with Crippen LogP contribution in [0.25, 0.3) is 0 Å². The highest BCUT2D eigenvalue weighted by molar-refractivity contribution is 5.79. The Hall–Kier alpha value is -2.28. The van der Waals surface area contributed by atoms with Crippen LogP contribution in [0.15, 0.2) is 12.1 Å². The number of aliphatic carboxylic acids is 1. The Balaban J connectivity index is 2.61. The van der Waals surface area contributed by atoms with Crippen molar-refractivity contribution in [1.82, 2.24) is 5.32 Å². The number of ether oxygens (including phenoxy) is 1. The minimum absolute atomic E-state index is 0.0335. The van der Waals surface area contributed by atoms with E-state index in [1.54, 1.807) is 20.8 Å². The lowest BCUT2D eigenvalue weighted by molar-refractivity contribution is -0.139.